The molecule has 3 nitrogen and oxygen atoms in total. The minimum Gasteiger partial charge on any atom is -0.394 e. The highest BCUT2D eigenvalue weighted by atomic mass is 35.5. The van der Waals surface area contributed by atoms with Crippen LogP contribution in [0.4, 0.5) is 0 Å². The summed E-state index contributed by atoms with van der Waals surface area (Å²) in [6.07, 6.45) is 0.409. The number of likely N-dealkylation sites (tertiary alicyclic amines) is 1. The molecule has 0 aromatic rings. The second-order valence-corrected chi connectivity index (χ2v) is 3.50. The smallest absolute Gasteiger partial charge is 0.224 e. The lowest BCUT2D eigenvalue weighted by molar-refractivity contribution is -0.130. The average Bonchev–Trinajstić information content (AvgIpc) is 2.28. The summed E-state index contributed by atoms with van der Waals surface area (Å²) in [5.41, 5.74) is 0. The van der Waals surface area contributed by atoms with Crippen LogP contribution in [0.25, 0.3) is 0 Å². The van der Waals surface area contributed by atoms with Gasteiger partial charge in [0.15, 0.2) is 0 Å². The Labute approximate surface area is 70.9 Å². The Morgan fingerprint density at radius 3 is 2.91 bits per heavy atom. The van der Waals surface area contributed by atoms with Crippen LogP contribution >= 0.6 is 11.6 Å². The fourth-order valence-corrected chi connectivity index (χ4v) is 1.49. The summed E-state index contributed by atoms with van der Waals surface area (Å²) >= 11 is 5.76. The SMILES string of the molecule is C[C@@H](CO)N1CC(Cl)CC1=O. The zero-order valence-corrected chi connectivity index (χ0v) is 7.21. The lowest BCUT2D eigenvalue weighted by Crippen LogP contribution is -2.36. The van der Waals surface area contributed by atoms with Gasteiger partial charge in [-0.25, -0.2) is 0 Å². The van der Waals surface area contributed by atoms with Gasteiger partial charge < -0.3 is 10.0 Å². The number of aliphatic hydroxyl groups excluding tert-OH is 1. The molecular weight excluding hydrogens is 166 g/mol. The predicted octanol–water partition coefficient (Wildman–Crippen LogP) is 0.207. The van der Waals surface area contributed by atoms with Gasteiger partial charge in [0, 0.05) is 13.0 Å². The van der Waals surface area contributed by atoms with Crippen LogP contribution in [0.3, 0.4) is 0 Å². The Balaban J connectivity index is 2.52. The normalized spacial score (nSPS) is 27.7. The van der Waals surface area contributed by atoms with Crippen LogP contribution in [0, 0.1) is 0 Å². The number of carbonyl (C=O) groups is 1. The number of nitrogens with zero attached hydrogens (tertiary/aromatic N) is 1. The summed E-state index contributed by atoms with van der Waals surface area (Å²) in [7, 11) is 0. The van der Waals surface area contributed by atoms with E-state index in [0.717, 1.165) is 0 Å². The van der Waals surface area contributed by atoms with E-state index in [2.05, 4.69) is 0 Å². The minimum absolute atomic E-state index is 0.00927. The molecule has 1 fully saturated rings. The monoisotopic (exact) mass is 177 g/mol. The zero-order chi connectivity index (χ0) is 8.43. The number of carbonyl (C=O) groups excluding carboxylic acids is 1. The topological polar surface area (TPSA) is 40.5 Å². The van der Waals surface area contributed by atoms with E-state index in [4.69, 9.17) is 16.7 Å². The molecule has 0 radical (unpaired) electrons. The van der Waals surface area contributed by atoms with Gasteiger partial charge in [0.25, 0.3) is 0 Å². The summed E-state index contributed by atoms with van der Waals surface area (Å²) in [5, 5.41) is 8.69. The van der Waals surface area contributed by atoms with Crippen molar-refractivity contribution in [2.45, 2.75) is 24.8 Å². The fourth-order valence-electron chi connectivity index (χ4n) is 1.21. The van der Waals surface area contributed by atoms with E-state index in [-0.39, 0.29) is 23.9 Å². The van der Waals surface area contributed by atoms with Crippen molar-refractivity contribution in [3.8, 4) is 0 Å². The van der Waals surface area contributed by atoms with Crippen LogP contribution in [-0.2, 0) is 4.79 Å². The fraction of sp³-hybridized carbons (Fsp3) is 0.857. The third-order valence-corrected chi connectivity index (χ3v) is 2.20. The summed E-state index contributed by atoms with van der Waals surface area (Å²) in [6.45, 7) is 2.39. The zero-order valence-electron chi connectivity index (χ0n) is 6.46. The van der Waals surface area contributed by atoms with Gasteiger partial charge in [0.05, 0.1) is 18.0 Å². The van der Waals surface area contributed by atoms with Crippen molar-refractivity contribution in [3.05, 3.63) is 0 Å². The summed E-state index contributed by atoms with van der Waals surface area (Å²) in [4.78, 5) is 12.7. The van der Waals surface area contributed by atoms with Crippen LogP contribution in [0.1, 0.15) is 13.3 Å². The number of hydrogen-bond donors (Lipinski definition) is 1. The Kier molecular flexibility index (Phi) is 2.73. The molecule has 0 aromatic carbocycles. The van der Waals surface area contributed by atoms with E-state index >= 15 is 0 Å². The van der Waals surface area contributed by atoms with Crippen molar-refractivity contribution in [2.75, 3.05) is 13.2 Å². The number of amides is 1. The second-order valence-electron chi connectivity index (χ2n) is 2.88. The quantitative estimate of drug-likeness (QED) is 0.613. The first-order chi connectivity index (χ1) is 5.15. The van der Waals surface area contributed by atoms with E-state index in [9.17, 15) is 4.79 Å². The molecule has 1 heterocycles. The Morgan fingerprint density at radius 1 is 1.91 bits per heavy atom. The standard InChI is InChI=1S/C7H12ClNO2/c1-5(4-10)9-3-6(8)2-7(9)11/h5-6,10H,2-4H2,1H3/t5-,6?/m0/s1. The molecule has 1 rings (SSSR count). The predicted molar refractivity (Wildman–Crippen MR) is 42.5 cm³/mol. The highest BCUT2D eigenvalue weighted by Gasteiger charge is 2.30. The molecule has 1 aliphatic heterocycles. The Morgan fingerprint density at radius 2 is 2.55 bits per heavy atom. The molecule has 1 unspecified atom stereocenters. The first-order valence-electron chi connectivity index (χ1n) is 3.69. The van der Waals surface area contributed by atoms with Crippen LogP contribution in [0.2, 0.25) is 0 Å². The second kappa shape index (κ2) is 3.41. The molecule has 1 amide bonds. The van der Waals surface area contributed by atoms with Gasteiger partial charge in [0.2, 0.25) is 5.91 Å². The molecule has 0 aromatic heterocycles. The van der Waals surface area contributed by atoms with E-state index in [1.54, 1.807) is 4.90 Å². The first kappa shape index (κ1) is 8.81. The Bertz CT molecular complexity index is 163. The molecule has 0 bridgehead atoms. The molecule has 11 heavy (non-hydrogen) atoms. The van der Waals surface area contributed by atoms with E-state index < -0.39 is 0 Å². The van der Waals surface area contributed by atoms with Crippen molar-refractivity contribution in [1.29, 1.82) is 0 Å². The third-order valence-electron chi connectivity index (χ3n) is 1.91. The van der Waals surface area contributed by atoms with Crippen molar-refractivity contribution >= 4 is 17.5 Å². The first-order valence-corrected chi connectivity index (χ1v) is 4.13. The Hall–Kier alpha value is -0.280. The molecule has 1 N–H and O–H groups in total. The van der Waals surface area contributed by atoms with Crippen molar-refractivity contribution in [3.63, 3.8) is 0 Å². The third kappa shape index (κ3) is 1.84. The lowest BCUT2D eigenvalue weighted by atomic mass is 10.3. The molecule has 0 aliphatic carbocycles. The van der Waals surface area contributed by atoms with E-state index in [1.807, 2.05) is 6.92 Å². The van der Waals surface area contributed by atoms with Gasteiger partial charge in [-0.1, -0.05) is 0 Å². The van der Waals surface area contributed by atoms with E-state index in [0.29, 0.717) is 13.0 Å². The summed E-state index contributed by atoms with van der Waals surface area (Å²) < 4.78 is 0. The molecule has 0 spiro atoms. The van der Waals surface area contributed by atoms with Crippen LogP contribution < -0.4 is 0 Å². The van der Waals surface area contributed by atoms with Crippen LogP contribution in [-0.4, -0.2) is 40.5 Å². The summed E-state index contributed by atoms with van der Waals surface area (Å²) in [5.74, 6) is 0.0477. The van der Waals surface area contributed by atoms with Crippen molar-refractivity contribution in [1.82, 2.24) is 4.90 Å². The number of halogens is 1. The van der Waals surface area contributed by atoms with Gasteiger partial charge in [-0.2, -0.15) is 0 Å². The summed E-state index contributed by atoms with van der Waals surface area (Å²) in [6, 6.07) is -0.0914. The molecular formula is C7H12ClNO2. The minimum atomic E-state index is -0.0914. The number of rotatable bonds is 2. The largest absolute Gasteiger partial charge is 0.394 e. The maximum atomic E-state index is 11.1. The number of aliphatic hydroxyl groups is 1. The number of hydrogen-bond acceptors (Lipinski definition) is 2. The molecule has 1 aliphatic rings. The highest BCUT2D eigenvalue weighted by Crippen LogP contribution is 2.18. The van der Waals surface area contributed by atoms with Gasteiger partial charge >= 0.3 is 0 Å². The van der Waals surface area contributed by atoms with Gasteiger partial charge in [-0.15, -0.1) is 11.6 Å². The molecule has 64 valence electrons. The molecule has 0 saturated carbocycles. The highest BCUT2D eigenvalue weighted by molar-refractivity contribution is 6.22. The van der Waals surface area contributed by atoms with E-state index in [1.165, 1.54) is 0 Å². The molecule has 2 atom stereocenters. The van der Waals surface area contributed by atoms with Crippen molar-refractivity contribution in [2.24, 2.45) is 0 Å². The van der Waals surface area contributed by atoms with Crippen LogP contribution in [0.15, 0.2) is 0 Å². The maximum absolute atomic E-state index is 11.1. The van der Waals surface area contributed by atoms with Gasteiger partial charge in [-0.3, -0.25) is 4.79 Å². The van der Waals surface area contributed by atoms with Gasteiger partial charge in [0.1, 0.15) is 0 Å². The van der Waals surface area contributed by atoms with Gasteiger partial charge in [-0.05, 0) is 6.92 Å². The van der Waals surface area contributed by atoms with Crippen LogP contribution in [0.5, 0.6) is 0 Å². The lowest BCUT2D eigenvalue weighted by Gasteiger charge is -2.21. The molecule has 4 heteroatoms. The molecule has 1 saturated heterocycles. The average molecular weight is 178 g/mol. The number of alkyl halides is 1. The van der Waals surface area contributed by atoms with Crippen molar-refractivity contribution < 1.29 is 9.90 Å². The maximum Gasteiger partial charge on any atom is 0.224 e.